The van der Waals surface area contributed by atoms with Crippen molar-refractivity contribution < 1.29 is 0 Å². The highest BCUT2D eigenvalue weighted by Gasteiger charge is 2.33. The minimum absolute atomic E-state index is 0.349. The molecule has 0 radical (unpaired) electrons. The van der Waals surface area contributed by atoms with Gasteiger partial charge in [-0.2, -0.15) is 0 Å². The van der Waals surface area contributed by atoms with E-state index in [1.54, 1.807) is 0 Å². The van der Waals surface area contributed by atoms with Gasteiger partial charge in [-0.25, -0.2) is 5.43 Å². The van der Waals surface area contributed by atoms with Crippen molar-refractivity contribution in [2.45, 2.75) is 32.0 Å². The highest BCUT2D eigenvalue weighted by molar-refractivity contribution is 5.63. The second-order valence-corrected chi connectivity index (χ2v) is 8.50. The minimum atomic E-state index is 0.349. The fourth-order valence-electron chi connectivity index (χ4n) is 4.64. The number of nitrogens with one attached hydrogen (secondary N) is 4. The quantitative estimate of drug-likeness (QED) is 0.622. The van der Waals surface area contributed by atoms with E-state index in [-0.39, 0.29) is 0 Å². The molecule has 150 valence electrons. The Morgan fingerprint density at radius 1 is 0.821 bits per heavy atom. The van der Waals surface area contributed by atoms with Crippen molar-refractivity contribution in [1.82, 2.24) is 26.6 Å². The number of hydrazine groups is 2. The molecule has 0 aliphatic carbocycles. The molecule has 5 nitrogen and oxygen atoms in total. The van der Waals surface area contributed by atoms with Crippen LogP contribution in [0.15, 0.2) is 54.6 Å². The molecule has 4 atom stereocenters. The molecule has 0 saturated carbocycles. The van der Waals surface area contributed by atoms with E-state index in [4.69, 9.17) is 0 Å². The van der Waals surface area contributed by atoms with Crippen LogP contribution in [-0.2, 0) is 0 Å². The molecule has 2 aromatic carbocycles. The number of rotatable bonds is 6. The fraction of sp³-hybridized carbons (Fsp3) is 0.478. The number of hydrogen-bond acceptors (Lipinski definition) is 5. The number of benzene rings is 2. The smallest absolute Gasteiger partial charge is 0.0515 e. The molecular formula is C23H33N5. The van der Waals surface area contributed by atoms with Gasteiger partial charge in [0.1, 0.15) is 0 Å². The predicted molar refractivity (Wildman–Crippen MR) is 115 cm³/mol. The maximum absolute atomic E-state index is 3.50. The Morgan fingerprint density at radius 3 is 2.14 bits per heavy atom. The Bertz CT molecular complexity index is 737. The molecular weight excluding hydrogens is 346 g/mol. The third-order valence-corrected chi connectivity index (χ3v) is 6.36. The Balaban J connectivity index is 1.39. The fourth-order valence-corrected chi connectivity index (χ4v) is 4.64. The van der Waals surface area contributed by atoms with E-state index in [0.29, 0.717) is 30.0 Å². The third kappa shape index (κ3) is 4.29. The molecule has 0 spiro atoms. The first-order valence-electron chi connectivity index (χ1n) is 10.4. The predicted octanol–water partition coefficient (Wildman–Crippen LogP) is 2.55. The van der Waals surface area contributed by atoms with Gasteiger partial charge in [0.05, 0.1) is 6.04 Å². The van der Waals surface area contributed by atoms with Gasteiger partial charge in [0.15, 0.2) is 0 Å². The second-order valence-electron chi connectivity index (χ2n) is 8.50. The summed E-state index contributed by atoms with van der Waals surface area (Å²) in [5, 5.41) is 0. The Labute approximate surface area is 168 Å². The van der Waals surface area contributed by atoms with Crippen LogP contribution in [0.2, 0.25) is 0 Å². The molecule has 0 bridgehead atoms. The molecule has 2 saturated heterocycles. The van der Waals surface area contributed by atoms with E-state index < -0.39 is 0 Å². The van der Waals surface area contributed by atoms with Gasteiger partial charge >= 0.3 is 0 Å². The molecule has 2 aliphatic heterocycles. The van der Waals surface area contributed by atoms with Crippen LogP contribution in [0.25, 0.3) is 11.1 Å². The summed E-state index contributed by atoms with van der Waals surface area (Å²) in [4.78, 5) is 2.50. The number of hydrogen-bond donors (Lipinski definition) is 4. The van der Waals surface area contributed by atoms with Crippen molar-refractivity contribution in [3.05, 3.63) is 60.2 Å². The van der Waals surface area contributed by atoms with Crippen molar-refractivity contribution >= 4 is 0 Å². The summed E-state index contributed by atoms with van der Waals surface area (Å²) in [5.74, 6) is 1.19. The SMILES string of the molecule is CC1NNC(C)C1CN(C)CC1CNNC1c1ccc(-c2ccccc2)cc1. The summed E-state index contributed by atoms with van der Waals surface area (Å²) in [6.45, 7) is 7.73. The van der Waals surface area contributed by atoms with Crippen LogP contribution >= 0.6 is 0 Å². The van der Waals surface area contributed by atoms with Gasteiger partial charge in [0.2, 0.25) is 0 Å². The van der Waals surface area contributed by atoms with Crippen LogP contribution in [-0.4, -0.2) is 43.7 Å². The Morgan fingerprint density at radius 2 is 1.46 bits per heavy atom. The largest absolute Gasteiger partial charge is 0.306 e. The van der Waals surface area contributed by atoms with Crippen molar-refractivity contribution in [1.29, 1.82) is 0 Å². The van der Waals surface area contributed by atoms with Crippen LogP contribution in [0.3, 0.4) is 0 Å². The van der Waals surface area contributed by atoms with E-state index in [1.807, 2.05) is 0 Å². The Kier molecular flexibility index (Phi) is 6.09. The lowest BCUT2D eigenvalue weighted by atomic mass is 9.92. The summed E-state index contributed by atoms with van der Waals surface area (Å²) < 4.78 is 0. The van der Waals surface area contributed by atoms with Gasteiger partial charge in [-0.05, 0) is 37.6 Å². The highest BCUT2D eigenvalue weighted by atomic mass is 15.4. The maximum Gasteiger partial charge on any atom is 0.0515 e. The lowest BCUT2D eigenvalue weighted by Gasteiger charge is -2.29. The summed E-state index contributed by atoms with van der Waals surface area (Å²) in [6.07, 6.45) is 0. The molecule has 2 fully saturated rings. The van der Waals surface area contributed by atoms with Crippen LogP contribution in [0.5, 0.6) is 0 Å². The molecule has 2 aliphatic rings. The zero-order valence-corrected chi connectivity index (χ0v) is 17.2. The van der Waals surface area contributed by atoms with Crippen molar-refractivity contribution in [3.8, 4) is 11.1 Å². The van der Waals surface area contributed by atoms with Crippen molar-refractivity contribution in [3.63, 3.8) is 0 Å². The molecule has 4 rings (SSSR count). The van der Waals surface area contributed by atoms with Gasteiger partial charge in [0, 0.05) is 43.6 Å². The first-order chi connectivity index (χ1) is 13.6. The summed E-state index contributed by atoms with van der Waals surface area (Å²) >= 11 is 0. The first-order valence-corrected chi connectivity index (χ1v) is 10.4. The standard InChI is InChI=1S/C23H33N5/c1-16-22(17(2)26-25-16)15-28(3)14-21-13-24-27-23(21)20-11-9-19(10-12-20)18-7-5-4-6-8-18/h4-12,16-17,21-27H,13-15H2,1-3H3. The van der Waals surface area contributed by atoms with Crippen LogP contribution in [0.1, 0.15) is 25.5 Å². The normalized spacial score (nSPS) is 30.2. The van der Waals surface area contributed by atoms with Gasteiger partial charge in [-0.3, -0.25) is 16.3 Å². The average molecular weight is 380 g/mol. The maximum atomic E-state index is 3.50. The lowest BCUT2D eigenvalue weighted by Crippen LogP contribution is -2.38. The third-order valence-electron chi connectivity index (χ3n) is 6.36. The molecule has 2 heterocycles. The molecule has 0 aromatic heterocycles. The summed E-state index contributed by atoms with van der Waals surface area (Å²) in [7, 11) is 2.26. The average Bonchev–Trinajstić information content (AvgIpc) is 3.30. The first kappa shape index (κ1) is 19.6. The van der Waals surface area contributed by atoms with E-state index in [9.17, 15) is 0 Å². The Hall–Kier alpha value is -1.76. The van der Waals surface area contributed by atoms with Crippen LogP contribution in [0, 0.1) is 11.8 Å². The number of nitrogens with zero attached hydrogens (tertiary/aromatic N) is 1. The molecule has 28 heavy (non-hydrogen) atoms. The monoisotopic (exact) mass is 379 g/mol. The lowest BCUT2D eigenvalue weighted by molar-refractivity contribution is 0.219. The van der Waals surface area contributed by atoms with Gasteiger partial charge < -0.3 is 4.90 Å². The van der Waals surface area contributed by atoms with Crippen LogP contribution < -0.4 is 21.7 Å². The van der Waals surface area contributed by atoms with E-state index in [1.165, 1.54) is 16.7 Å². The highest BCUT2D eigenvalue weighted by Crippen LogP contribution is 2.28. The van der Waals surface area contributed by atoms with E-state index >= 15 is 0 Å². The van der Waals surface area contributed by atoms with Gasteiger partial charge in [0.25, 0.3) is 0 Å². The molecule has 4 N–H and O–H groups in total. The van der Waals surface area contributed by atoms with Gasteiger partial charge in [-0.1, -0.05) is 54.6 Å². The molecule has 4 unspecified atom stereocenters. The second kappa shape index (κ2) is 8.72. The van der Waals surface area contributed by atoms with Gasteiger partial charge in [-0.15, -0.1) is 0 Å². The molecule has 5 heteroatoms. The van der Waals surface area contributed by atoms with Crippen molar-refractivity contribution in [2.75, 3.05) is 26.7 Å². The van der Waals surface area contributed by atoms with E-state index in [2.05, 4.69) is 102 Å². The van der Waals surface area contributed by atoms with Crippen LogP contribution in [0.4, 0.5) is 0 Å². The zero-order chi connectivity index (χ0) is 19.5. The summed E-state index contributed by atoms with van der Waals surface area (Å²) in [5.41, 5.74) is 17.5. The zero-order valence-electron chi connectivity index (χ0n) is 17.2. The molecule has 0 amide bonds. The minimum Gasteiger partial charge on any atom is -0.306 e. The van der Waals surface area contributed by atoms with E-state index in [0.717, 1.165) is 19.6 Å². The topological polar surface area (TPSA) is 51.4 Å². The molecule has 2 aromatic rings. The van der Waals surface area contributed by atoms with Crippen molar-refractivity contribution in [2.24, 2.45) is 11.8 Å². The summed E-state index contributed by atoms with van der Waals surface area (Å²) in [6, 6.07) is 21.0.